The lowest BCUT2D eigenvalue weighted by molar-refractivity contribution is 0.0675. The van der Waals surface area contributed by atoms with Gasteiger partial charge in [0.2, 0.25) is 0 Å². The number of anilines is 1. The van der Waals surface area contributed by atoms with Crippen molar-refractivity contribution >= 4 is 11.8 Å². The zero-order valence-corrected chi connectivity index (χ0v) is 23.6. The SMILES string of the molecule is COCC(CNO)N1C[C@@H](NC(=O)Nc2c(C)c(-c3cnn(C)c3)nn2-c2ccccc2)[C@H](c2ccc(F)c(F)c2)C1. The standard InChI is InChI=1S/C29H34F2N8O3/c1-18-27(20-12-32-37(2)14-20)36-39(21-7-5-4-6-8-21)28(18)35-29(40)34-26-16-38(22(13-33-41)17-42-3)15-23(26)19-9-10-24(30)25(31)11-19/h4-12,14,22-23,26,33,41H,13,15-17H2,1-3H3,(H2,34,35,40)/t22?,23-,26+/m0/s1. The highest BCUT2D eigenvalue weighted by atomic mass is 19.2. The van der Waals surface area contributed by atoms with Crippen LogP contribution in [0.15, 0.2) is 60.9 Å². The van der Waals surface area contributed by atoms with Gasteiger partial charge in [-0.1, -0.05) is 24.3 Å². The molecule has 4 aromatic rings. The number of aryl methyl sites for hydroxylation is 1. The van der Waals surface area contributed by atoms with Crippen molar-refractivity contribution in [2.45, 2.75) is 24.9 Å². The van der Waals surface area contributed by atoms with Crippen LogP contribution in [0.5, 0.6) is 0 Å². The summed E-state index contributed by atoms with van der Waals surface area (Å²) in [4.78, 5) is 15.6. The summed E-state index contributed by atoms with van der Waals surface area (Å²) in [5.74, 6) is -1.76. The van der Waals surface area contributed by atoms with E-state index in [4.69, 9.17) is 9.84 Å². The van der Waals surface area contributed by atoms with E-state index < -0.39 is 23.7 Å². The zero-order valence-electron chi connectivity index (χ0n) is 23.6. The van der Waals surface area contributed by atoms with Gasteiger partial charge < -0.3 is 15.3 Å². The Labute approximate surface area is 242 Å². The maximum Gasteiger partial charge on any atom is 0.320 e. The molecular formula is C29H34F2N8O3. The average Bonchev–Trinajstić information content (AvgIpc) is 3.68. The third-order valence-electron chi connectivity index (χ3n) is 7.57. The molecule has 5 rings (SSSR count). The van der Waals surface area contributed by atoms with Crippen LogP contribution in [0.25, 0.3) is 16.9 Å². The summed E-state index contributed by atoms with van der Waals surface area (Å²) >= 11 is 0. The highest BCUT2D eigenvalue weighted by Crippen LogP contribution is 2.32. The molecule has 2 aromatic heterocycles. The molecule has 1 fully saturated rings. The summed E-state index contributed by atoms with van der Waals surface area (Å²) in [7, 11) is 3.39. The molecule has 2 aromatic carbocycles. The Balaban J connectivity index is 1.44. The van der Waals surface area contributed by atoms with Gasteiger partial charge in [0.25, 0.3) is 0 Å². The minimum atomic E-state index is -0.954. The zero-order chi connectivity index (χ0) is 29.8. The number of hydrogen-bond acceptors (Lipinski definition) is 7. The lowest BCUT2D eigenvalue weighted by atomic mass is 9.94. The van der Waals surface area contributed by atoms with Crippen LogP contribution < -0.4 is 16.1 Å². The van der Waals surface area contributed by atoms with Gasteiger partial charge in [0, 0.05) is 63.1 Å². The number of carbonyl (C=O) groups excluding carboxylic acids is 1. The van der Waals surface area contributed by atoms with Crippen molar-refractivity contribution in [1.29, 1.82) is 0 Å². The Hall–Kier alpha value is -4.17. The molecule has 0 saturated carbocycles. The number of nitrogens with one attached hydrogen (secondary N) is 3. The molecule has 1 unspecified atom stereocenters. The van der Waals surface area contributed by atoms with E-state index >= 15 is 0 Å². The number of benzene rings is 2. The molecule has 3 atom stereocenters. The van der Waals surface area contributed by atoms with E-state index in [0.29, 0.717) is 36.8 Å². The van der Waals surface area contributed by atoms with Crippen LogP contribution >= 0.6 is 0 Å². The van der Waals surface area contributed by atoms with Gasteiger partial charge in [0.1, 0.15) is 11.5 Å². The van der Waals surface area contributed by atoms with Gasteiger partial charge in [0.05, 0.1) is 24.5 Å². The number of rotatable bonds is 10. The second kappa shape index (κ2) is 12.8. The molecule has 2 amide bonds. The topological polar surface area (TPSA) is 122 Å². The van der Waals surface area contributed by atoms with Gasteiger partial charge in [0.15, 0.2) is 11.6 Å². The number of urea groups is 1. The van der Waals surface area contributed by atoms with Crippen LogP contribution in [0.1, 0.15) is 17.0 Å². The Morgan fingerprint density at radius 2 is 1.95 bits per heavy atom. The third kappa shape index (κ3) is 6.19. The fraction of sp³-hybridized carbons (Fsp3) is 0.345. The van der Waals surface area contributed by atoms with Gasteiger partial charge in [-0.3, -0.25) is 14.9 Å². The number of aromatic nitrogens is 4. The fourth-order valence-corrected chi connectivity index (χ4v) is 5.48. The highest BCUT2D eigenvalue weighted by molar-refractivity contribution is 5.91. The lowest BCUT2D eigenvalue weighted by Gasteiger charge is -2.26. The first-order valence-electron chi connectivity index (χ1n) is 13.6. The van der Waals surface area contributed by atoms with E-state index in [2.05, 4.69) is 21.2 Å². The largest absolute Gasteiger partial charge is 0.383 e. The summed E-state index contributed by atoms with van der Waals surface area (Å²) in [6.45, 7) is 3.25. The van der Waals surface area contributed by atoms with Crippen LogP contribution in [0.3, 0.4) is 0 Å². The van der Waals surface area contributed by atoms with E-state index in [9.17, 15) is 18.8 Å². The molecule has 0 aliphatic carbocycles. The van der Waals surface area contributed by atoms with Gasteiger partial charge in [-0.15, -0.1) is 0 Å². The summed E-state index contributed by atoms with van der Waals surface area (Å²) in [6.07, 6.45) is 3.57. The number of carbonyl (C=O) groups is 1. The van der Waals surface area contributed by atoms with Gasteiger partial charge in [-0.25, -0.2) is 23.7 Å². The van der Waals surface area contributed by atoms with Crippen LogP contribution in [-0.2, 0) is 11.8 Å². The van der Waals surface area contributed by atoms with Crippen LogP contribution in [-0.4, -0.2) is 81.1 Å². The van der Waals surface area contributed by atoms with E-state index in [1.54, 1.807) is 22.7 Å². The number of hydroxylamine groups is 1. The molecule has 0 radical (unpaired) electrons. The number of ether oxygens (including phenoxy) is 1. The normalized spacial score (nSPS) is 17.9. The second-order valence-corrected chi connectivity index (χ2v) is 10.4. The number of hydrogen-bond donors (Lipinski definition) is 4. The van der Waals surface area contributed by atoms with Crippen molar-refractivity contribution in [3.63, 3.8) is 0 Å². The molecule has 42 heavy (non-hydrogen) atoms. The predicted octanol–water partition coefficient (Wildman–Crippen LogP) is 3.44. The van der Waals surface area contributed by atoms with E-state index in [0.717, 1.165) is 22.9 Å². The van der Waals surface area contributed by atoms with E-state index in [1.807, 2.05) is 55.4 Å². The molecule has 3 heterocycles. The average molecular weight is 581 g/mol. The number of methoxy groups -OCH3 is 1. The number of likely N-dealkylation sites (tertiary alicyclic amines) is 1. The molecule has 0 bridgehead atoms. The van der Waals surface area contributed by atoms with Gasteiger partial charge in [-0.05, 0) is 36.8 Å². The van der Waals surface area contributed by atoms with Crippen molar-refractivity contribution in [2.75, 3.05) is 38.7 Å². The maximum atomic E-state index is 14.2. The fourth-order valence-electron chi connectivity index (χ4n) is 5.48. The molecule has 222 valence electrons. The second-order valence-electron chi connectivity index (χ2n) is 10.4. The first-order chi connectivity index (χ1) is 20.3. The Morgan fingerprint density at radius 3 is 2.62 bits per heavy atom. The number of nitrogens with zero attached hydrogens (tertiary/aromatic N) is 5. The lowest BCUT2D eigenvalue weighted by Crippen LogP contribution is -2.46. The third-order valence-corrected chi connectivity index (χ3v) is 7.57. The summed E-state index contributed by atoms with van der Waals surface area (Å²) < 4.78 is 36.7. The summed E-state index contributed by atoms with van der Waals surface area (Å²) in [5, 5.41) is 24.4. The summed E-state index contributed by atoms with van der Waals surface area (Å²) in [6, 6.07) is 12.1. The molecule has 1 aliphatic rings. The van der Waals surface area contributed by atoms with Gasteiger partial charge >= 0.3 is 6.03 Å². The van der Waals surface area contributed by atoms with Gasteiger partial charge in [-0.2, -0.15) is 10.2 Å². The summed E-state index contributed by atoms with van der Waals surface area (Å²) in [5.41, 5.74) is 5.73. The monoisotopic (exact) mass is 580 g/mol. The smallest absolute Gasteiger partial charge is 0.320 e. The van der Waals surface area contributed by atoms with Crippen molar-refractivity contribution in [3.8, 4) is 16.9 Å². The quantitative estimate of drug-likeness (QED) is 0.212. The van der Waals surface area contributed by atoms with E-state index in [1.165, 1.54) is 12.1 Å². The molecule has 4 N–H and O–H groups in total. The molecular weight excluding hydrogens is 546 g/mol. The molecule has 0 spiro atoms. The molecule has 11 nitrogen and oxygen atoms in total. The number of para-hydroxylation sites is 1. The minimum absolute atomic E-state index is 0.216. The van der Waals surface area contributed by atoms with Crippen LogP contribution in [0.4, 0.5) is 19.4 Å². The Kier molecular flexibility index (Phi) is 8.92. The van der Waals surface area contributed by atoms with E-state index in [-0.39, 0.29) is 18.5 Å². The Morgan fingerprint density at radius 1 is 1.17 bits per heavy atom. The molecule has 1 aliphatic heterocycles. The van der Waals surface area contributed by atoms with Crippen LogP contribution in [0.2, 0.25) is 0 Å². The number of amides is 2. The van der Waals surface area contributed by atoms with Crippen molar-refractivity contribution < 1.29 is 23.5 Å². The predicted molar refractivity (Wildman–Crippen MR) is 153 cm³/mol. The van der Waals surface area contributed by atoms with Crippen molar-refractivity contribution in [3.05, 3.63) is 83.7 Å². The van der Waals surface area contributed by atoms with Crippen LogP contribution in [0, 0.1) is 18.6 Å². The van der Waals surface area contributed by atoms with Crippen molar-refractivity contribution in [2.24, 2.45) is 7.05 Å². The minimum Gasteiger partial charge on any atom is -0.383 e. The maximum absolute atomic E-state index is 14.2. The number of halogens is 2. The first-order valence-corrected chi connectivity index (χ1v) is 13.6. The molecule has 1 saturated heterocycles. The highest BCUT2D eigenvalue weighted by Gasteiger charge is 2.38. The van der Waals surface area contributed by atoms with Crippen molar-refractivity contribution in [1.82, 2.24) is 35.3 Å². The Bertz CT molecular complexity index is 1520. The molecule has 13 heteroatoms. The first kappa shape index (κ1) is 29.3.